The fourth-order valence-electron chi connectivity index (χ4n) is 3.12. The molecule has 3 rings (SSSR count). The second-order valence-corrected chi connectivity index (χ2v) is 5.82. The molecule has 0 aliphatic carbocycles. The summed E-state index contributed by atoms with van der Waals surface area (Å²) in [5.41, 5.74) is 0. The average Bonchev–Trinajstić information content (AvgIpc) is 3.15. The smallest absolute Gasteiger partial charge is 0.290 e. The molecule has 2 aliphatic rings. The zero-order chi connectivity index (χ0) is 16.2. The molecule has 0 N–H and O–H groups in total. The van der Waals surface area contributed by atoms with Crippen LogP contribution in [0.5, 0.6) is 0 Å². The minimum atomic E-state index is -0.459. The number of carbonyl (C=O) groups is 2. The van der Waals surface area contributed by atoms with Crippen LogP contribution in [0.2, 0.25) is 0 Å². The van der Waals surface area contributed by atoms with Crippen LogP contribution in [0, 0.1) is 0 Å². The third-order valence-corrected chi connectivity index (χ3v) is 4.51. The van der Waals surface area contributed by atoms with Crippen LogP contribution in [0.25, 0.3) is 0 Å². The van der Waals surface area contributed by atoms with Crippen LogP contribution in [0.3, 0.4) is 0 Å². The van der Waals surface area contributed by atoms with Crippen molar-refractivity contribution in [2.45, 2.75) is 13.0 Å². The maximum atomic E-state index is 12.9. The first-order valence-electron chi connectivity index (χ1n) is 8.14. The number of morpholine rings is 1. The molecule has 1 unspecified atom stereocenters. The van der Waals surface area contributed by atoms with E-state index in [2.05, 4.69) is 11.8 Å². The normalized spacial score (nSPS) is 23.1. The topological polar surface area (TPSA) is 66.2 Å². The molecule has 2 saturated heterocycles. The largest absolute Gasteiger partial charge is 0.459 e. The Bertz CT molecular complexity index is 540. The van der Waals surface area contributed by atoms with Gasteiger partial charge >= 0.3 is 0 Å². The monoisotopic (exact) mass is 321 g/mol. The van der Waals surface area contributed by atoms with Crippen LogP contribution < -0.4 is 0 Å². The van der Waals surface area contributed by atoms with E-state index in [-0.39, 0.29) is 17.6 Å². The molecule has 126 valence electrons. The number of rotatable bonds is 3. The molecule has 1 atom stereocenters. The summed E-state index contributed by atoms with van der Waals surface area (Å²) in [5, 5.41) is 0. The van der Waals surface area contributed by atoms with Gasteiger partial charge < -0.3 is 19.0 Å². The Labute approximate surface area is 135 Å². The molecule has 0 saturated carbocycles. The number of likely N-dealkylation sites (N-methyl/N-ethyl adjacent to an activating group) is 1. The molecule has 23 heavy (non-hydrogen) atoms. The molecule has 3 heterocycles. The van der Waals surface area contributed by atoms with E-state index in [1.165, 1.54) is 6.26 Å². The van der Waals surface area contributed by atoms with Crippen molar-refractivity contribution in [2.75, 3.05) is 52.5 Å². The minimum absolute atomic E-state index is 0.00589. The lowest BCUT2D eigenvalue weighted by Gasteiger charge is -2.42. The number of nitrogens with zero attached hydrogens (tertiary/aromatic N) is 3. The molecule has 1 aromatic heterocycles. The van der Waals surface area contributed by atoms with Crippen molar-refractivity contribution in [3.63, 3.8) is 0 Å². The third kappa shape index (κ3) is 3.40. The minimum Gasteiger partial charge on any atom is -0.459 e. The molecular weight excluding hydrogens is 298 g/mol. The summed E-state index contributed by atoms with van der Waals surface area (Å²) in [6.07, 6.45) is 1.48. The number of carbonyl (C=O) groups excluding carboxylic acids is 2. The fraction of sp³-hybridized carbons (Fsp3) is 0.625. The Morgan fingerprint density at radius 2 is 2.00 bits per heavy atom. The van der Waals surface area contributed by atoms with Gasteiger partial charge in [-0.2, -0.15) is 0 Å². The summed E-state index contributed by atoms with van der Waals surface area (Å²) in [6, 6.07) is 2.87. The fourth-order valence-corrected chi connectivity index (χ4v) is 3.12. The predicted octanol–water partition coefficient (Wildman–Crippen LogP) is 0.285. The van der Waals surface area contributed by atoms with E-state index in [4.69, 9.17) is 9.15 Å². The first-order valence-corrected chi connectivity index (χ1v) is 8.14. The van der Waals surface area contributed by atoms with E-state index < -0.39 is 6.04 Å². The second kappa shape index (κ2) is 7.14. The summed E-state index contributed by atoms with van der Waals surface area (Å²) in [7, 11) is 0. The van der Waals surface area contributed by atoms with Gasteiger partial charge in [-0.25, -0.2) is 0 Å². The second-order valence-electron chi connectivity index (χ2n) is 5.82. The van der Waals surface area contributed by atoms with Crippen molar-refractivity contribution < 1.29 is 18.7 Å². The van der Waals surface area contributed by atoms with Crippen molar-refractivity contribution in [3.8, 4) is 0 Å². The molecule has 2 amide bonds. The van der Waals surface area contributed by atoms with Crippen LogP contribution in [0.15, 0.2) is 22.8 Å². The van der Waals surface area contributed by atoms with E-state index in [0.29, 0.717) is 39.4 Å². The van der Waals surface area contributed by atoms with E-state index >= 15 is 0 Å². The maximum Gasteiger partial charge on any atom is 0.290 e. The molecule has 0 spiro atoms. The van der Waals surface area contributed by atoms with Gasteiger partial charge in [0.1, 0.15) is 6.04 Å². The van der Waals surface area contributed by atoms with Crippen LogP contribution in [0.4, 0.5) is 0 Å². The Kier molecular flexibility index (Phi) is 4.97. The lowest BCUT2D eigenvalue weighted by molar-refractivity contribution is -0.142. The highest BCUT2D eigenvalue weighted by atomic mass is 16.5. The van der Waals surface area contributed by atoms with Crippen molar-refractivity contribution in [1.29, 1.82) is 0 Å². The highest BCUT2D eigenvalue weighted by molar-refractivity contribution is 5.95. The number of piperazine rings is 1. The van der Waals surface area contributed by atoms with Gasteiger partial charge in [0, 0.05) is 32.7 Å². The zero-order valence-electron chi connectivity index (χ0n) is 13.4. The van der Waals surface area contributed by atoms with Crippen LogP contribution in [-0.4, -0.2) is 85.0 Å². The van der Waals surface area contributed by atoms with Gasteiger partial charge in [0.25, 0.3) is 5.91 Å². The summed E-state index contributed by atoms with van der Waals surface area (Å²) in [5.74, 6) is 0.0819. The van der Waals surface area contributed by atoms with Gasteiger partial charge in [0.15, 0.2) is 5.76 Å². The van der Waals surface area contributed by atoms with Crippen molar-refractivity contribution in [1.82, 2.24) is 14.7 Å². The lowest BCUT2D eigenvalue weighted by atomic mass is 10.1. The summed E-state index contributed by atoms with van der Waals surface area (Å²) in [6.45, 7) is 7.11. The molecule has 0 bridgehead atoms. The molecular formula is C16H23N3O4. The van der Waals surface area contributed by atoms with Crippen LogP contribution >= 0.6 is 0 Å². The highest BCUT2D eigenvalue weighted by Crippen LogP contribution is 2.17. The Morgan fingerprint density at radius 3 is 2.65 bits per heavy atom. The number of amides is 2. The van der Waals surface area contributed by atoms with Gasteiger partial charge in [0.2, 0.25) is 5.91 Å². The van der Waals surface area contributed by atoms with E-state index in [1.807, 2.05) is 0 Å². The van der Waals surface area contributed by atoms with Crippen LogP contribution in [-0.2, 0) is 9.53 Å². The quantitative estimate of drug-likeness (QED) is 0.800. The third-order valence-electron chi connectivity index (χ3n) is 4.51. The molecule has 7 nitrogen and oxygen atoms in total. The maximum absolute atomic E-state index is 12.9. The lowest BCUT2D eigenvalue weighted by Crippen LogP contribution is -2.62. The molecule has 0 radical (unpaired) electrons. The highest BCUT2D eigenvalue weighted by Gasteiger charge is 2.38. The first kappa shape index (κ1) is 16.0. The van der Waals surface area contributed by atoms with E-state index in [9.17, 15) is 9.59 Å². The molecule has 7 heteroatoms. The Morgan fingerprint density at radius 1 is 1.22 bits per heavy atom. The molecule has 2 fully saturated rings. The summed E-state index contributed by atoms with van der Waals surface area (Å²) >= 11 is 0. The van der Waals surface area contributed by atoms with Gasteiger partial charge in [0.05, 0.1) is 19.5 Å². The number of hydrogen-bond acceptors (Lipinski definition) is 5. The number of furan rings is 1. The van der Waals surface area contributed by atoms with Gasteiger partial charge in [-0.15, -0.1) is 0 Å². The molecule has 2 aliphatic heterocycles. The van der Waals surface area contributed by atoms with Gasteiger partial charge in [-0.1, -0.05) is 6.92 Å². The number of hydrogen-bond donors (Lipinski definition) is 0. The van der Waals surface area contributed by atoms with Crippen molar-refractivity contribution in [2.24, 2.45) is 0 Å². The van der Waals surface area contributed by atoms with Gasteiger partial charge in [-0.05, 0) is 18.7 Å². The van der Waals surface area contributed by atoms with Crippen molar-refractivity contribution in [3.05, 3.63) is 24.2 Å². The summed E-state index contributed by atoms with van der Waals surface area (Å²) in [4.78, 5) is 31.3. The molecule has 1 aromatic rings. The molecule has 0 aromatic carbocycles. The van der Waals surface area contributed by atoms with Crippen molar-refractivity contribution >= 4 is 11.8 Å². The standard InChI is InChI=1S/C16H23N3O4/c1-2-17-5-6-19(16(21)14-4-3-9-23-14)13(12-17)15(20)18-7-10-22-11-8-18/h3-4,9,13H,2,5-8,10-12H2,1H3. The Hall–Kier alpha value is -1.86. The zero-order valence-corrected chi connectivity index (χ0v) is 13.4. The van der Waals surface area contributed by atoms with Crippen LogP contribution in [0.1, 0.15) is 17.5 Å². The summed E-state index contributed by atoms with van der Waals surface area (Å²) < 4.78 is 10.5. The average molecular weight is 321 g/mol. The Balaban J connectivity index is 1.78. The van der Waals surface area contributed by atoms with E-state index in [1.54, 1.807) is 21.9 Å². The van der Waals surface area contributed by atoms with E-state index in [0.717, 1.165) is 13.1 Å². The first-order chi connectivity index (χ1) is 11.2. The predicted molar refractivity (Wildman–Crippen MR) is 83.0 cm³/mol. The SMILES string of the molecule is CCN1CCN(C(=O)c2ccco2)C(C(=O)N2CCOCC2)C1. The number of ether oxygens (including phenoxy) is 1. The van der Waals surface area contributed by atoms with Gasteiger partial charge in [-0.3, -0.25) is 14.5 Å².